The Morgan fingerprint density at radius 2 is 2.30 bits per heavy atom. The molecule has 0 aliphatic carbocycles. The van der Waals surface area contributed by atoms with Crippen molar-refractivity contribution in [1.29, 1.82) is 0 Å². The van der Waals surface area contributed by atoms with Gasteiger partial charge in [-0.2, -0.15) is 0 Å². The third kappa shape index (κ3) is 7.01. The molecule has 0 radical (unpaired) electrons. The SMILES string of the molecule is CC/C=C\CCNC(=O)O. The Bertz CT molecular complexity index is 121. The molecule has 0 fully saturated rings. The first-order valence-electron chi connectivity index (χ1n) is 3.39. The van der Waals surface area contributed by atoms with Gasteiger partial charge in [0.2, 0.25) is 0 Å². The van der Waals surface area contributed by atoms with E-state index in [0.29, 0.717) is 6.54 Å². The Morgan fingerprint density at radius 1 is 1.60 bits per heavy atom. The Hall–Kier alpha value is -0.990. The molecule has 0 saturated heterocycles. The summed E-state index contributed by atoms with van der Waals surface area (Å²) in [6, 6.07) is 0. The van der Waals surface area contributed by atoms with Crippen molar-refractivity contribution in [3.63, 3.8) is 0 Å². The predicted octanol–water partition coefficient (Wildman–Crippen LogP) is 1.61. The third-order valence-corrected chi connectivity index (χ3v) is 0.990. The maximum absolute atomic E-state index is 9.90. The number of hydrogen-bond donors (Lipinski definition) is 2. The van der Waals surface area contributed by atoms with Crippen LogP contribution < -0.4 is 5.32 Å². The molecule has 58 valence electrons. The second-order valence-corrected chi connectivity index (χ2v) is 1.90. The molecule has 0 spiro atoms. The lowest BCUT2D eigenvalue weighted by molar-refractivity contribution is 0.194. The van der Waals surface area contributed by atoms with Gasteiger partial charge < -0.3 is 10.4 Å². The van der Waals surface area contributed by atoms with Crippen molar-refractivity contribution < 1.29 is 9.90 Å². The van der Waals surface area contributed by atoms with Gasteiger partial charge in [0.25, 0.3) is 0 Å². The van der Waals surface area contributed by atoms with Crippen LogP contribution in [0.1, 0.15) is 19.8 Å². The van der Waals surface area contributed by atoms with Gasteiger partial charge in [0, 0.05) is 6.54 Å². The molecule has 3 heteroatoms. The molecule has 0 heterocycles. The second kappa shape index (κ2) is 6.13. The van der Waals surface area contributed by atoms with Crippen molar-refractivity contribution in [2.45, 2.75) is 19.8 Å². The monoisotopic (exact) mass is 143 g/mol. The van der Waals surface area contributed by atoms with Gasteiger partial charge >= 0.3 is 6.09 Å². The van der Waals surface area contributed by atoms with Gasteiger partial charge in [-0.15, -0.1) is 0 Å². The van der Waals surface area contributed by atoms with E-state index in [2.05, 4.69) is 5.32 Å². The largest absolute Gasteiger partial charge is 0.465 e. The third-order valence-electron chi connectivity index (χ3n) is 0.990. The fourth-order valence-corrected chi connectivity index (χ4v) is 0.547. The topological polar surface area (TPSA) is 49.3 Å². The number of carbonyl (C=O) groups is 1. The van der Waals surface area contributed by atoms with Crippen LogP contribution in [0.3, 0.4) is 0 Å². The van der Waals surface area contributed by atoms with E-state index in [1.165, 1.54) is 0 Å². The van der Waals surface area contributed by atoms with Crippen molar-refractivity contribution in [2.75, 3.05) is 6.54 Å². The van der Waals surface area contributed by atoms with Crippen LogP contribution in [-0.2, 0) is 0 Å². The molecule has 0 bridgehead atoms. The number of nitrogens with one attached hydrogen (secondary N) is 1. The minimum absolute atomic E-state index is 0.506. The summed E-state index contributed by atoms with van der Waals surface area (Å²) in [4.78, 5) is 9.90. The van der Waals surface area contributed by atoms with Crippen molar-refractivity contribution in [2.24, 2.45) is 0 Å². The van der Waals surface area contributed by atoms with E-state index in [1.54, 1.807) is 0 Å². The smallest absolute Gasteiger partial charge is 0.404 e. The minimum Gasteiger partial charge on any atom is -0.465 e. The van der Waals surface area contributed by atoms with E-state index >= 15 is 0 Å². The van der Waals surface area contributed by atoms with Crippen LogP contribution in [0, 0.1) is 0 Å². The number of carboxylic acid groups (broad SMARTS) is 1. The molecule has 3 nitrogen and oxygen atoms in total. The van der Waals surface area contributed by atoms with Crippen molar-refractivity contribution in [3.8, 4) is 0 Å². The summed E-state index contributed by atoms with van der Waals surface area (Å²) < 4.78 is 0. The number of hydrogen-bond acceptors (Lipinski definition) is 1. The maximum atomic E-state index is 9.90. The molecule has 0 aromatic heterocycles. The molecule has 0 unspecified atom stereocenters. The predicted molar refractivity (Wildman–Crippen MR) is 40.1 cm³/mol. The van der Waals surface area contributed by atoms with Crippen molar-refractivity contribution in [3.05, 3.63) is 12.2 Å². The minimum atomic E-state index is -0.954. The van der Waals surface area contributed by atoms with Crippen LogP contribution >= 0.6 is 0 Å². The van der Waals surface area contributed by atoms with Crippen LogP contribution in [0.15, 0.2) is 12.2 Å². The standard InChI is InChI=1S/C7H13NO2/c1-2-3-4-5-6-8-7(9)10/h3-4,8H,2,5-6H2,1H3,(H,9,10)/b4-3-. The van der Waals surface area contributed by atoms with Gasteiger partial charge in [0.05, 0.1) is 0 Å². The molecule has 0 saturated carbocycles. The van der Waals surface area contributed by atoms with E-state index in [4.69, 9.17) is 5.11 Å². The van der Waals surface area contributed by atoms with E-state index in [9.17, 15) is 4.79 Å². The molecule has 0 aromatic rings. The second-order valence-electron chi connectivity index (χ2n) is 1.90. The summed E-state index contributed by atoms with van der Waals surface area (Å²) in [6.07, 6.45) is 4.82. The summed E-state index contributed by atoms with van der Waals surface area (Å²) in [7, 11) is 0. The van der Waals surface area contributed by atoms with Crippen LogP contribution in [0.25, 0.3) is 0 Å². The lowest BCUT2D eigenvalue weighted by Gasteiger charge is -1.94. The van der Waals surface area contributed by atoms with Gasteiger partial charge in [0.15, 0.2) is 0 Å². The molecule has 0 aromatic carbocycles. The highest BCUT2D eigenvalue weighted by molar-refractivity contribution is 5.64. The summed E-state index contributed by atoms with van der Waals surface area (Å²) in [6.45, 7) is 2.55. The number of rotatable bonds is 4. The summed E-state index contributed by atoms with van der Waals surface area (Å²) in [5.41, 5.74) is 0. The van der Waals surface area contributed by atoms with Gasteiger partial charge in [-0.3, -0.25) is 0 Å². The molecule has 2 N–H and O–H groups in total. The Kier molecular flexibility index (Phi) is 5.53. The highest BCUT2D eigenvalue weighted by atomic mass is 16.4. The van der Waals surface area contributed by atoms with Gasteiger partial charge in [-0.1, -0.05) is 19.1 Å². The highest BCUT2D eigenvalue weighted by Gasteiger charge is 1.88. The summed E-state index contributed by atoms with van der Waals surface area (Å²) in [5, 5.41) is 10.4. The molecule has 0 aliphatic rings. The van der Waals surface area contributed by atoms with E-state index < -0.39 is 6.09 Å². The molecule has 1 amide bonds. The average Bonchev–Trinajstić information content (AvgIpc) is 1.87. The highest BCUT2D eigenvalue weighted by Crippen LogP contribution is 1.83. The first kappa shape index (κ1) is 9.01. The normalized spacial score (nSPS) is 10.1. The van der Waals surface area contributed by atoms with Gasteiger partial charge in [-0.05, 0) is 12.8 Å². The molecule has 0 aliphatic heterocycles. The Balaban J connectivity index is 3.05. The van der Waals surface area contributed by atoms with Crippen LogP contribution in [0.4, 0.5) is 4.79 Å². The van der Waals surface area contributed by atoms with E-state index in [0.717, 1.165) is 12.8 Å². The molecule has 10 heavy (non-hydrogen) atoms. The zero-order chi connectivity index (χ0) is 7.82. The maximum Gasteiger partial charge on any atom is 0.404 e. The van der Waals surface area contributed by atoms with Crippen LogP contribution in [0.5, 0.6) is 0 Å². The Labute approximate surface area is 60.7 Å². The van der Waals surface area contributed by atoms with Crippen LogP contribution in [-0.4, -0.2) is 17.7 Å². The summed E-state index contributed by atoms with van der Waals surface area (Å²) >= 11 is 0. The van der Waals surface area contributed by atoms with E-state index in [1.807, 2.05) is 19.1 Å². The zero-order valence-corrected chi connectivity index (χ0v) is 6.13. The lowest BCUT2D eigenvalue weighted by atomic mass is 10.3. The lowest BCUT2D eigenvalue weighted by Crippen LogP contribution is -2.21. The van der Waals surface area contributed by atoms with Crippen molar-refractivity contribution >= 4 is 6.09 Å². The zero-order valence-electron chi connectivity index (χ0n) is 6.13. The van der Waals surface area contributed by atoms with E-state index in [-0.39, 0.29) is 0 Å². The van der Waals surface area contributed by atoms with Gasteiger partial charge in [-0.25, -0.2) is 4.79 Å². The quantitative estimate of drug-likeness (QED) is 0.464. The number of allylic oxidation sites excluding steroid dienone is 1. The fraction of sp³-hybridized carbons (Fsp3) is 0.571. The van der Waals surface area contributed by atoms with Crippen LogP contribution in [0.2, 0.25) is 0 Å². The average molecular weight is 143 g/mol. The van der Waals surface area contributed by atoms with Crippen molar-refractivity contribution in [1.82, 2.24) is 5.32 Å². The first-order chi connectivity index (χ1) is 4.77. The molecule has 0 rings (SSSR count). The first-order valence-corrected chi connectivity index (χ1v) is 3.39. The summed E-state index contributed by atoms with van der Waals surface area (Å²) in [5.74, 6) is 0. The molecular formula is C7H13NO2. The Morgan fingerprint density at radius 3 is 2.80 bits per heavy atom. The fourth-order valence-electron chi connectivity index (χ4n) is 0.547. The molecular weight excluding hydrogens is 130 g/mol. The number of amides is 1. The molecule has 0 atom stereocenters. The van der Waals surface area contributed by atoms with Gasteiger partial charge in [0.1, 0.15) is 0 Å².